The van der Waals surface area contributed by atoms with E-state index in [-0.39, 0.29) is 12.4 Å². The minimum absolute atomic E-state index is 0.174. The van der Waals surface area contributed by atoms with Crippen LogP contribution in [0.25, 0.3) is 11.2 Å². The van der Waals surface area contributed by atoms with Gasteiger partial charge in [0.15, 0.2) is 23.2 Å². The van der Waals surface area contributed by atoms with Crippen molar-refractivity contribution in [1.29, 1.82) is 0 Å². The van der Waals surface area contributed by atoms with E-state index >= 15 is 0 Å². The zero-order valence-corrected chi connectivity index (χ0v) is 14.3. The molecule has 1 unspecified atom stereocenters. The van der Waals surface area contributed by atoms with Crippen molar-refractivity contribution in [3.05, 3.63) is 6.33 Å². The third kappa shape index (κ3) is 2.58. The number of hydrogen-bond donors (Lipinski definition) is 3. The van der Waals surface area contributed by atoms with Gasteiger partial charge in [0, 0.05) is 14.1 Å². The fourth-order valence-electron chi connectivity index (χ4n) is 3.01. The molecule has 4 heterocycles. The van der Waals surface area contributed by atoms with E-state index in [0.717, 1.165) is 0 Å². The summed E-state index contributed by atoms with van der Waals surface area (Å²) >= 11 is 0. The molecule has 2 aromatic rings. The van der Waals surface area contributed by atoms with Crippen molar-refractivity contribution in [2.75, 3.05) is 31.3 Å². The largest absolute Gasteiger partial charge is 0.472 e. The summed E-state index contributed by atoms with van der Waals surface area (Å²) in [6.07, 6.45) is -2.62. The maximum atomic E-state index is 11.6. The molecule has 2 fully saturated rings. The minimum atomic E-state index is -4.21. The molecule has 0 radical (unpaired) electrons. The van der Waals surface area contributed by atoms with Gasteiger partial charge < -0.3 is 25.4 Å². The van der Waals surface area contributed by atoms with E-state index in [1.54, 1.807) is 23.6 Å². The van der Waals surface area contributed by atoms with Crippen LogP contribution in [0.2, 0.25) is 0 Å². The highest BCUT2D eigenvalue weighted by Crippen LogP contribution is 2.52. The number of hydrogen-bond acceptors (Lipinski definition) is 10. The number of aliphatic hydroxyl groups excluding tert-OH is 1. The van der Waals surface area contributed by atoms with Crippen LogP contribution >= 0.6 is 7.82 Å². The molecule has 12 nitrogen and oxygen atoms in total. The quantitative estimate of drug-likeness (QED) is 0.569. The number of ether oxygens (including phenoxy) is 1. The second kappa shape index (κ2) is 5.59. The van der Waals surface area contributed by atoms with Crippen molar-refractivity contribution >= 4 is 30.8 Å². The van der Waals surface area contributed by atoms with Crippen LogP contribution in [0.3, 0.4) is 0 Å². The van der Waals surface area contributed by atoms with Crippen LogP contribution in [-0.2, 0) is 18.3 Å². The molecule has 136 valence electrons. The van der Waals surface area contributed by atoms with Gasteiger partial charge in [-0.3, -0.25) is 13.6 Å². The Bertz CT molecular complexity index is 873. The first-order valence-corrected chi connectivity index (χ1v) is 8.93. The van der Waals surface area contributed by atoms with Crippen molar-refractivity contribution in [3.63, 3.8) is 0 Å². The number of phosphoric acid groups is 1. The number of aromatic nitrogens is 4. The van der Waals surface area contributed by atoms with E-state index in [2.05, 4.69) is 15.0 Å². The van der Waals surface area contributed by atoms with E-state index < -0.39 is 32.4 Å². The minimum Gasteiger partial charge on any atom is -0.386 e. The van der Waals surface area contributed by atoms with Crippen molar-refractivity contribution < 1.29 is 28.3 Å². The zero-order valence-electron chi connectivity index (χ0n) is 13.4. The number of nitrogen functional groups attached to an aromatic ring is 1. The molecule has 2 aliphatic rings. The fourth-order valence-corrected chi connectivity index (χ4v) is 3.98. The van der Waals surface area contributed by atoms with E-state index in [9.17, 15) is 14.6 Å². The molecule has 4 N–H and O–H groups in total. The molecule has 2 aliphatic heterocycles. The fraction of sp³-hybridized carbons (Fsp3) is 0.583. The van der Waals surface area contributed by atoms with Gasteiger partial charge in [-0.2, -0.15) is 0 Å². The summed E-state index contributed by atoms with van der Waals surface area (Å²) < 4.78 is 28.7. The first-order chi connectivity index (χ1) is 11.8. The lowest BCUT2D eigenvalue weighted by Crippen LogP contribution is -2.39. The average Bonchev–Trinajstić information content (AvgIpc) is 3.06. The molecule has 0 aromatic carbocycles. The molecule has 2 aromatic heterocycles. The molecule has 0 amide bonds. The molecular formula is C12H17N6O6P. The smallest absolute Gasteiger partial charge is 0.386 e. The molecule has 0 saturated carbocycles. The van der Waals surface area contributed by atoms with Crippen LogP contribution in [0.15, 0.2) is 6.33 Å². The molecule has 0 spiro atoms. The molecule has 5 atom stereocenters. The van der Waals surface area contributed by atoms with Crippen molar-refractivity contribution in [2.24, 2.45) is 0 Å². The van der Waals surface area contributed by atoms with Gasteiger partial charge in [-0.1, -0.05) is 0 Å². The van der Waals surface area contributed by atoms with Crippen molar-refractivity contribution in [3.8, 4) is 0 Å². The Morgan fingerprint density at radius 3 is 2.92 bits per heavy atom. The van der Waals surface area contributed by atoms with Gasteiger partial charge in [0.25, 0.3) is 0 Å². The summed E-state index contributed by atoms with van der Waals surface area (Å²) in [4.78, 5) is 23.7. The van der Waals surface area contributed by atoms with Gasteiger partial charge in [0.2, 0.25) is 5.95 Å². The van der Waals surface area contributed by atoms with Crippen LogP contribution in [0.4, 0.5) is 11.8 Å². The molecule has 0 bridgehead atoms. The van der Waals surface area contributed by atoms with Gasteiger partial charge >= 0.3 is 7.82 Å². The number of aliphatic hydroxyl groups is 1. The summed E-state index contributed by atoms with van der Waals surface area (Å²) in [5.41, 5.74) is 6.59. The van der Waals surface area contributed by atoms with Gasteiger partial charge in [-0.15, -0.1) is 0 Å². The monoisotopic (exact) mass is 372 g/mol. The zero-order chi connectivity index (χ0) is 17.9. The lowest BCUT2D eigenvalue weighted by atomic mass is 10.1. The lowest BCUT2D eigenvalue weighted by Gasteiger charge is -2.27. The molecule has 2 saturated heterocycles. The van der Waals surface area contributed by atoms with Crippen molar-refractivity contribution in [2.45, 2.75) is 24.5 Å². The third-order valence-electron chi connectivity index (χ3n) is 4.11. The standard InChI is InChI=1S/C12H17N6O6P/c1-17(2)12-16-6-9(13)14-4-15-10(6)18(12)11-7(19)8-5(23-11)3-22-25(20,21)24-8/h4-5,7-8,11,19H,3H2,1-2H3,(H,20,21)(H2,13,14,15)/t5-,7-,8-,11-/m1/s1. The van der Waals surface area contributed by atoms with Crippen LogP contribution in [-0.4, -0.2) is 68.5 Å². The van der Waals surface area contributed by atoms with E-state index in [1.165, 1.54) is 6.33 Å². The van der Waals surface area contributed by atoms with Gasteiger partial charge in [0.1, 0.15) is 24.6 Å². The van der Waals surface area contributed by atoms with Crippen LogP contribution in [0, 0.1) is 0 Å². The summed E-state index contributed by atoms with van der Waals surface area (Å²) in [7, 11) is -0.683. The number of imidazole rings is 1. The maximum Gasteiger partial charge on any atom is 0.472 e. The number of rotatable bonds is 2. The predicted molar refractivity (Wildman–Crippen MR) is 84.6 cm³/mol. The Hall–Kier alpha value is -1.82. The Morgan fingerprint density at radius 2 is 2.20 bits per heavy atom. The Balaban J connectivity index is 1.81. The van der Waals surface area contributed by atoms with Crippen LogP contribution < -0.4 is 10.6 Å². The van der Waals surface area contributed by atoms with Crippen LogP contribution in [0.1, 0.15) is 6.23 Å². The summed E-state index contributed by atoms with van der Waals surface area (Å²) in [5.74, 6) is 0.620. The van der Waals surface area contributed by atoms with Crippen molar-refractivity contribution in [1.82, 2.24) is 19.5 Å². The van der Waals surface area contributed by atoms with Gasteiger partial charge in [0.05, 0.1) is 6.61 Å². The first kappa shape index (κ1) is 16.6. The Kier molecular flexibility index (Phi) is 3.72. The van der Waals surface area contributed by atoms with Gasteiger partial charge in [-0.25, -0.2) is 19.5 Å². The van der Waals surface area contributed by atoms with E-state index in [1.807, 2.05) is 0 Å². The number of phosphoric ester groups is 1. The highest BCUT2D eigenvalue weighted by Gasteiger charge is 2.53. The first-order valence-electron chi connectivity index (χ1n) is 7.43. The average molecular weight is 372 g/mol. The maximum absolute atomic E-state index is 11.6. The lowest BCUT2D eigenvalue weighted by molar-refractivity contribution is -0.0660. The summed E-state index contributed by atoms with van der Waals surface area (Å²) in [6, 6.07) is 0. The summed E-state index contributed by atoms with van der Waals surface area (Å²) in [5, 5.41) is 10.6. The number of nitrogens with zero attached hydrogens (tertiary/aromatic N) is 5. The molecule has 0 aliphatic carbocycles. The normalized spacial score (nSPS) is 35.0. The second-order valence-corrected chi connectivity index (χ2v) is 7.40. The number of fused-ring (bicyclic) bond motifs is 2. The number of anilines is 2. The van der Waals surface area contributed by atoms with Crippen LogP contribution in [0.5, 0.6) is 0 Å². The summed E-state index contributed by atoms with van der Waals surface area (Å²) in [6.45, 7) is -0.174. The number of nitrogens with two attached hydrogens (primary N) is 1. The molecule has 13 heteroatoms. The molecule has 4 rings (SSSR count). The third-order valence-corrected chi connectivity index (χ3v) is 5.09. The Morgan fingerprint density at radius 1 is 1.44 bits per heavy atom. The highest BCUT2D eigenvalue weighted by atomic mass is 31.2. The SMILES string of the molecule is CN(C)c1nc2c(N)ncnc2n1[C@@H]1O[C@@H]2COP(=O)(O)O[C@H]2[C@H]1O. The van der Waals surface area contributed by atoms with Gasteiger partial charge in [-0.05, 0) is 0 Å². The van der Waals surface area contributed by atoms with E-state index in [4.69, 9.17) is 19.5 Å². The molecule has 25 heavy (non-hydrogen) atoms. The second-order valence-electron chi connectivity index (χ2n) is 6.00. The highest BCUT2D eigenvalue weighted by molar-refractivity contribution is 7.47. The Labute approximate surface area is 141 Å². The predicted octanol–water partition coefficient (Wildman–Crippen LogP) is -0.751. The molecular weight excluding hydrogens is 355 g/mol. The topological polar surface area (TPSA) is 158 Å². The van der Waals surface area contributed by atoms with E-state index in [0.29, 0.717) is 17.1 Å².